The molecule has 0 aliphatic carbocycles. The number of benzene rings is 2. The maximum absolute atomic E-state index is 12.9. The minimum Gasteiger partial charge on any atom is -0.326 e. The predicted molar refractivity (Wildman–Crippen MR) is 121 cm³/mol. The number of para-hydroxylation sites is 1. The highest BCUT2D eigenvalue weighted by molar-refractivity contribution is 8.15. The molecule has 2 amide bonds. The third-order valence-corrected chi connectivity index (χ3v) is 5.73. The van der Waals surface area contributed by atoms with E-state index in [2.05, 4.69) is 18.0 Å². The molecule has 1 saturated heterocycles. The summed E-state index contributed by atoms with van der Waals surface area (Å²) in [7, 11) is 0. The fourth-order valence-corrected chi connectivity index (χ4v) is 4.40. The summed E-state index contributed by atoms with van der Waals surface area (Å²) in [5, 5.41) is 3.01. The van der Waals surface area contributed by atoms with Crippen LogP contribution in [-0.2, 0) is 9.59 Å². The number of hydrogen-bond donors (Lipinski definition) is 1. The van der Waals surface area contributed by atoms with E-state index >= 15 is 0 Å². The summed E-state index contributed by atoms with van der Waals surface area (Å²) in [6.07, 6.45) is 1.77. The highest BCUT2D eigenvalue weighted by atomic mass is 32.2. The standard InChI is InChI=1S/C23H25N3O2S/c1-5-10-26-22(28)20(14-21(27)25-19-9-7-6-8-17(19)4)29-23(26)24-18-12-15(2)11-16(3)13-18/h5-9,11-13,20H,1,10,14H2,2-4H3,(H,25,27)/t20-/m1/s1. The van der Waals surface area contributed by atoms with E-state index in [4.69, 9.17) is 4.99 Å². The van der Waals surface area contributed by atoms with E-state index in [1.54, 1.807) is 11.0 Å². The number of aryl methyl sites for hydroxylation is 3. The van der Waals surface area contributed by atoms with Crippen LogP contribution in [0.15, 0.2) is 60.1 Å². The number of rotatable bonds is 6. The van der Waals surface area contributed by atoms with Crippen LogP contribution < -0.4 is 5.32 Å². The van der Waals surface area contributed by atoms with Crippen molar-refractivity contribution >= 4 is 40.1 Å². The molecule has 0 aromatic heterocycles. The maximum Gasteiger partial charge on any atom is 0.242 e. The summed E-state index contributed by atoms with van der Waals surface area (Å²) in [6.45, 7) is 10.1. The SMILES string of the molecule is C=CCN1C(=O)[C@@H](CC(=O)Nc2ccccc2C)SC1=Nc1cc(C)cc(C)c1. The van der Waals surface area contributed by atoms with Crippen molar-refractivity contribution in [3.8, 4) is 0 Å². The van der Waals surface area contributed by atoms with Gasteiger partial charge < -0.3 is 5.32 Å². The molecule has 0 bridgehead atoms. The van der Waals surface area contributed by atoms with Crippen molar-refractivity contribution < 1.29 is 9.59 Å². The summed E-state index contributed by atoms with van der Waals surface area (Å²) in [5.41, 5.74) is 4.78. The third kappa shape index (κ3) is 5.15. The Balaban J connectivity index is 1.78. The molecule has 2 aromatic rings. The van der Waals surface area contributed by atoms with Gasteiger partial charge in [0.05, 0.1) is 5.69 Å². The average Bonchev–Trinajstić information content (AvgIpc) is 2.92. The van der Waals surface area contributed by atoms with Crippen molar-refractivity contribution in [1.29, 1.82) is 0 Å². The Bertz CT molecular complexity index is 964. The van der Waals surface area contributed by atoms with Crippen LogP contribution in [0.5, 0.6) is 0 Å². The number of amidine groups is 1. The molecule has 2 aromatic carbocycles. The fourth-order valence-electron chi connectivity index (χ4n) is 3.23. The van der Waals surface area contributed by atoms with Crippen molar-refractivity contribution in [2.24, 2.45) is 4.99 Å². The number of anilines is 1. The number of carbonyl (C=O) groups is 2. The lowest BCUT2D eigenvalue weighted by Crippen LogP contribution is -2.33. The molecular formula is C23H25N3O2S. The zero-order valence-corrected chi connectivity index (χ0v) is 17.8. The first-order valence-electron chi connectivity index (χ1n) is 9.49. The Hall–Kier alpha value is -2.86. The Morgan fingerprint density at radius 2 is 1.90 bits per heavy atom. The van der Waals surface area contributed by atoms with E-state index in [1.807, 2.05) is 57.2 Å². The zero-order valence-electron chi connectivity index (χ0n) is 16.9. The van der Waals surface area contributed by atoms with Gasteiger partial charge in [0.1, 0.15) is 5.25 Å². The summed E-state index contributed by atoms with van der Waals surface area (Å²) in [6, 6.07) is 13.6. The summed E-state index contributed by atoms with van der Waals surface area (Å²) >= 11 is 1.33. The van der Waals surface area contributed by atoms with Gasteiger partial charge in [0.2, 0.25) is 11.8 Å². The number of nitrogens with one attached hydrogen (secondary N) is 1. The molecule has 0 spiro atoms. The molecule has 1 heterocycles. The fraction of sp³-hybridized carbons (Fsp3) is 0.261. The zero-order chi connectivity index (χ0) is 21.0. The monoisotopic (exact) mass is 407 g/mol. The van der Waals surface area contributed by atoms with Crippen molar-refractivity contribution in [3.05, 3.63) is 71.8 Å². The van der Waals surface area contributed by atoms with Gasteiger partial charge in [-0.25, -0.2) is 4.99 Å². The lowest BCUT2D eigenvalue weighted by molar-refractivity contribution is -0.127. The Morgan fingerprint density at radius 3 is 2.55 bits per heavy atom. The molecule has 29 heavy (non-hydrogen) atoms. The first-order valence-corrected chi connectivity index (χ1v) is 10.4. The maximum atomic E-state index is 12.9. The van der Waals surface area contributed by atoms with Crippen molar-refractivity contribution in [2.75, 3.05) is 11.9 Å². The van der Waals surface area contributed by atoms with Gasteiger partial charge in [-0.15, -0.1) is 6.58 Å². The first-order chi connectivity index (χ1) is 13.9. The second-order valence-corrected chi connectivity index (χ2v) is 8.32. The van der Waals surface area contributed by atoms with Gasteiger partial charge in [-0.1, -0.05) is 42.1 Å². The molecule has 6 heteroatoms. The molecule has 1 aliphatic rings. The molecular weight excluding hydrogens is 382 g/mol. The van der Waals surface area contributed by atoms with Crippen LogP contribution in [0.1, 0.15) is 23.1 Å². The van der Waals surface area contributed by atoms with Crippen molar-refractivity contribution in [3.63, 3.8) is 0 Å². The first kappa shape index (κ1) is 20.9. The molecule has 1 fully saturated rings. The molecule has 1 N–H and O–H groups in total. The second-order valence-electron chi connectivity index (χ2n) is 7.15. The van der Waals surface area contributed by atoms with E-state index in [9.17, 15) is 9.59 Å². The molecule has 0 unspecified atom stereocenters. The van der Waals surface area contributed by atoms with Gasteiger partial charge >= 0.3 is 0 Å². The van der Waals surface area contributed by atoms with Gasteiger partial charge in [0.25, 0.3) is 0 Å². The normalized spacial score (nSPS) is 17.6. The van der Waals surface area contributed by atoms with Crippen LogP contribution in [0.25, 0.3) is 0 Å². The predicted octanol–water partition coefficient (Wildman–Crippen LogP) is 4.76. The average molecular weight is 408 g/mol. The van der Waals surface area contributed by atoms with Gasteiger partial charge in [0, 0.05) is 18.7 Å². The Morgan fingerprint density at radius 1 is 1.21 bits per heavy atom. The van der Waals surface area contributed by atoms with Crippen LogP contribution >= 0.6 is 11.8 Å². The number of thioether (sulfide) groups is 1. The van der Waals surface area contributed by atoms with Gasteiger partial charge in [-0.2, -0.15) is 0 Å². The molecule has 0 radical (unpaired) electrons. The van der Waals surface area contributed by atoms with E-state index in [0.29, 0.717) is 11.7 Å². The van der Waals surface area contributed by atoms with Crippen LogP contribution in [0.2, 0.25) is 0 Å². The number of aliphatic imine (C=N–C) groups is 1. The Kier molecular flexibility index (Phi) is 6.54. The smallest absolute Gasteiger partial charge is 0.242 e. The molecule has 5 nitrogen and oxygen atoms in total. The van der Waals surface area contributed by atoms with Crippen LogP contribution in [0.3, 0.4) is 0 Å². The van der Waals surface area contributed by atoms with Crippen molar-refractivity contribution in [1.82, 2.24) is 4.90 Å². The van der Waals surface area contributed by atoms with Gasteiger partial charge in [-0.3, -0.25) is 14.5 Å². The molecule has 3 rings (SSSR count). The second kappa shape index (κ2) is 9.09. The molecule has 0 saturated carbocycles. The lowest BCUT2D eigenvalue weighted by atomic mass is 10.1. The lowest BCUT2D eigenvalue weighted by Gasteiger charge is -2.14. The van der Waals surface area contributed by atoms with E-state index in [1.165, 1.54) is 11.8 Å². The van der Waals surface area contributed by atoms with Crippen molar-refractivity contribution in [2.45, 2.75) is 32.4 Å². The van der Waals surface area contributed by atoms with E-state index in [0.717, 1.165) is 28.1 Å². The molecule has 1 atom stereocenters. The van der Waals surface area contributed by atoms with E-state index < -0.39 is 5.25 Å². The number of carbonyl (C=O) groups excluding carboxylic acids is 2. The minimum absolute atomic E-state index is 0.0946. The number of hydrogen-bond acceptors (Lipinski definition) is 4. The van der Waals surface area contributed by atoms with Gasteiger partial charge in [0.15, 0.2) is 5.17 Å². The molecule has 1 aliphatic heterocycles. The highest BCUT2D eigenvalue weighted by Crippen LogP contribution is 2.32. The van der Waals surface area contributed by atoms with Crippen LogP contribution in [-0.4, -0.2) is 33.7 Å². The Labute approximate surface area is 175 Å². The summed E-state index contributed by atoms with van der Waals surface area (Å²) in [4.78, 5) is 31.7. The van der Waals surface area contributed by atoms with E-state index in [-0.39, 0.29) is 18.2 Å². The largest absolute Gasteiger partial charge is 0.326 e. The number of nitrogens with zero attached hydrogens (tertiary/aromatic N) is 2. The topological polar surface area (TPSA) is 61.8 Å². The quantitative estimate of drug-likeness (QED) is 0.703. The molecule has 150 valence electrons. The van der Waals surface area contributed by atoms with Crippen LogP contribution in [0, 0.1) is 20.8 Å². The highest BCUT2D eigenvalue weighted by Gasteiger charge is 2.38. The van der Waals surface area contributed by atoms with Gasteiger partial charge in [-0.05, 0) is 55.7 Å². The third-order valence-electron chi connectivity index (χ3n) is 4.55. The summed E-state index contributed by atoms with van der Waals surface area (Å²) in [5.74, 6) is -0.297. The number of amides is 2. The minimum atomic E-state index is -0.497. The summed E-state index contributed by atoms with van der Waals surface area (Å²) < 4.78 is 0. The van der Waals surface area contributed by atoms with Crippen LogP contribution in [0.4, 0.5) is 11.4 Å².